The van der Waals surface area contributed by atoms with Crippen LogP contribution in [0.2, 0.25) is 0 Å². The third-order valence-corrected chi connectivity index (χ3v) is 9.13. The van der Waals surface area contributed by atoms with Gasteiger partial charge in [-0.25, -0.2) is 8.60 Å². The van der Waals surface area contributed by atoms with Gasteiger partial charge in [-0.1, -0.05) is 22.8 Å². The molecule has 2 N–H and O–H groups in total. The van der Waals surface area contributed by atoms with E-state index in [4.69, 9.17) is 16.1 Å². The third kappa shape index (κ3) is 5.75. The Kier molecular flexibility index (Phi) is 7.58. The van der Waals surface area contributed by atoms with E-state index in [0.29, 0.717) is 7.05 Å². The maximum absolute atomic E-state index is 14.6. The van der Waals surface area contributed by atoms with Gasteiger partial charge in [0.1, 0.15) is 17.0 Å². The van der Waals surface area contributed by atoms with Gasteiger partial charge in [0.25, 0.3) is 5.88 Å². The number of hydrogen-bond donors (Lipinski definition) is 2. The second kappa shape index (κ2) is 9.94. The smallest absolute Gasteiger partial charge is 0.378 e. The predicted molar refractivity (Wildman–Crippen MR) is 128 cm³/mol. The summed E-state index contributed by atoms with van der Waals surface area (Å²) in [6.45, 7) is 0. The largest absolute Gasteiger partial charge is 0.448 e. The molecule has 0 bridgehead atoms. The van der Waals surface area contributed by atoms with E-state index in [-0.39, 0.29) is 33.5 Å². The zero-order valence-electron chi connectivity index (χ0n) is 21.5. The van der Waals surface area contributed by atoms with Crippen LogP contribution in [-0.4, -0.2) is 59.3 Å². The van der Waals surface area contributed by atoms with Crippen molar-refractivity contribution in [1.82, 2.24) is 20.3 Å². The topological polar surface area (TPSA) is 119 Å². The minimum Gasteiger partial charge on any atom is -0.378 e. The van der Waals surface area contributed by atoms with Crippen LogP contribution in [-0.2, 0) is 27.6 Å². The summed E-state index contributed by atoms with van der Waals surface area (Å²) in [7, 11) is -7.57. The van der Waals surface area contributed by atoms with E-state index in [1.807, 2.05) is 0 Å². The Hall–Kier alpha value is -3.13. The molecule has 2 aliphatic carbocycles. The quantitative estimate of drug-likeness (QED) is 0.350. The minimum atomic E-state index is -8.28. The molecule has 0 spiro atoms. The van der Waals surface area contributed by atoms with Gasteiger partial charge >= 0.3 is 23.5 Å². The average Bonchev–Trinajstić information content (AvgIpc) is 3.39. The summed E-state index contributed by atoms with van der Waals surface area (Å²) >= 11 is 6.13. The van der Waals surface area contributed by atoms with Crippen molar-refractivity contribution in [1.29, 1.82) is 0 Å². The van der Waals surface area contributed by atoms with Gasteiger partial charge in [-0.3, -0.25) is 14.0 Å². The first-order chi connectivity index (χ1) is 19.4. The fourth-order valence-corrected chi connectivity index (χ4v) is 6.08. The molecule has 240 valence electrons. The van der Waals surface area contributed by atoms with E-state index < -0.39 is 74.1 Å². The molecule has 1 unspecified atom stereocenters. The normalized spacial score (nSPS) is 19.8. The van der Waals surface area contributed by atoms with Gasteiger partial charge in [0.2, 0.25) is 5.91 Å². The molecular weight excluding hydrogens is 658 g/mol. The lowest BCUT2D eigenvalue weighted by Gasteiger charge is -2.44. The van der Waals surface area contributed by atoms with Crippen molar-refractivity contribution in [2.75, 3.05) is 6.26 Å². The van der Waals surface area contributed by atoms with Crippen LogP contribution in [0.15, 0.2) is 27.8 Å². The lowest BCUT2D eigenvalue weighted by Crippen LogP contribution is -2.70. The summed E-state index contributed by atoms with van der Waals surface area (Å²) in [4.78, 5) is 12.5. The van der Waals surface area contributed by atoms with Crippen LogP contribution in [0.3, 0.4) is 0 Å². The molecule has 4 rings (SSSR count). The van der Waals surface area contributed by atoms with Crippen LogP contribution < -0.4 is 9.50 Å². The number of aryl methyl sites for hydroxylation is 1. The van der Waals surface area contributed by atoms with Crippen molar-refractivity contribution in [2.24, 2.45) is 13.0 Å². The molecule has 21 heteroatoms. The lowest BCUT2D eigenvalue weighted by molar-refractivity contribution is -0.310. The molecule has 2 aromatic rings. The third-order valence-electron chi connectivity index (χ3n) is 6.45. The van der Waals surface area contributed by atoms with E-state index in [1.54, 1.807) is 0 Å². The summed E-state index contributed by atoms with van der Waals surface area (Å²) in [5.74, 6) is -3.81. The number of alkyl halides is 10. The highest BCUT2D eigenvalue weighted by atomic mass is 35.5. The van der Waals surface area contributed by atoms with E-state index in [9.17, 15) is 57.5 Å². The van der Waals surface area contributed by atoms with Crippen molar-refractivity contribution in [3.8, 4) is 17.3 Å². The van der Waals surface area contributed by atoms with Crippen molar-refractivity contribution in [2.45, 2.75) is 48.8 Å². The zero-order valence-corrected chi connectivity index (χ0v) is 23.1. The van der Waals surface area contributed by atoms with Crippen molar-refractivity contribution >= 4 is 32.7 Å². The predicted octanol–water partition coefficient (Wildman–Crippen LogP) is 5.91. The Morgan fingerprint density at radius 1 is 1.12 bits per heavy atom. The molecule has 1 saturated carbocycles. The van der Waals surface area contributed by atoms with Crippen LogP contribution in [0.25, 0.3) is 17.0 Å². The number of carbonyl (C=O) groups is 1. The van der Waals surface area contributed by atoms with Crippen LogP contribution in [0.1, 0.15) is 30.6 Å². The fourth-order valence-electron chi connectivity index (χ4n) is 4.19. The molecule has 0 radical (unpaired) electrons. The first-order valence-corrected chi connectivity index (χ1v) is 14.4. The number of rotatable bonds is 7. The van der Waals surface area contributed by atoms with Gasteiger partial charge in [-0.2, -0.15) is 39.5 Å². The van der Waals surface area contributed by atoms with E-state index in [1.165, 1.54) is 12.2 Å². The summed E-state index contributed by atoms with van der Waals surface area (Å²) in [5, 5.41) is 2.33. The first kappa shape index (κ1) is 32.8. The van der Waals surface area contributed by atoms with Crippen molar-refractivity contribution in [3.63, 3.8) is 0 Å². The number of nitrogens with zero attached hydrogens (tertiary/aromatic N) is 3. The fraction of sp³-hybridized carbons (Fsp3) is 0.500. The van der Waals surface area contributed by atoms with Crippen molar-refractivity contribution in [3.05, 3.63) is 34.6 Å². The number of amides is 1. The Morgan fingerprint density at radius 2 is 1.70 bits per heavy atom. The second-order valence-corrected chi connectivity index (χ2v) is 13.4. The van der Waals surface area contributed by atoms with Gasteiger partial charge in [0, 0.05) is 30.4 Å². The number of halogens is 11. The number of hydrogen-bond acceptors (Lipinski definition) is 6. The molecule has 2 aromatic heterocycles. The molecule has 0 aliphatic heterocycles. The molecule has 0 aromatic carbocycles. The number of nitrogens with one attached hydrogen (secondary N) is 1. The van der Waals surface area contributed by atoms with Crippen LogP contribution in [0.4, 0.5) is 43.9 Å². The Morgan fingerprint density at radius 3 is 2.21 bits per heavy atom. The molecule has 1 amide bonds. The van der Waals surface area contributed by atoms with E-state index in [0.717, 1.165) is 18.9 Å². The number of aromatic nitrogens is 3. The second-order valence-electron chi connectivity index (χ2n) is 9.88. The minimum absolute atomic E-state index is 0.0171. The molecule has 1 atom stereocenters. The summed E-state index contributed by atoms with van der Waals surface area (Å²) in [5.41, 5.74) is -4.00. The van der Waals surface area contributed by atoms with Crippen molar-refractivity contribution < 1.29 is 66.2 Å². The zero-order chi connectivity index (χ0) is 32.6. The van der Waals surface area contributed by atoms with Gasteiger partial charge in [0.15, 0.2) is 15.4 Å². The molecule has 2 heterocycles. The Labute approximate surface area is 239 Å². The number of carbonyl (C=O) groups excluding carboxylic acids is 1. The molecule has 2 aliphatic rings. The molecule has 9 nitrogen and oxygen atoms in total. The highest BCUT2D eigenvalue weighted by Crippen LogP contribution is 2.58. The first-order valence-electron chi connectivity index (χ1n) is 11.8. The Balaban J connectivity index is 1.76. The molecule has 43 heavy (non-hydrogen) atoms. The highest BCUT2D eigenvalue weighted by Gasteiger charge is 2.85. The average molecular weight is 677 g/mol. The standard InChI is InChI=1S/C22H19ClF10N4O5S/c1-37-16(13-8-14(41-36-13)9-3-6-12(23)11(7-9)17(38)34-10-4-5-10)15(19(24,25)26)18(35-37)42-43(2,39,40)20(27,21(28,29)30)22(31,32)33/h3,6,8,10-11H,4-5,7H2,1-2H3,(H,34,38)(H,39,40). The van der Waals surface area contributed by atoms with E-state index in [2.05, 4.69) is 19.8 Å². The van der Waals surface area contributed by atoms with Crippen LogP contribution in [0.5, 0.6) is 5.88 Å². The Bertz CT molecular complexity index is 1570. The summed E-state index contributed by atoms with van der Waals surface area (Å²) in [6.07, 6.45) is -16.8. The van der Waals surface area contributed by atoms with Crippen LogP contribution in [0, 0.1) is 5.92 Å². The molecular formula is C22H19ClF10N4O5S. The SMILES string of the molecule is Cn1nc(OS(C)(=O)(O)C(F)(C(F)(F)F)C(F)(F)F)c(C(F)(F)F)c1-c1cc(C2=CC=C(Cl)C(C(=O)NC3CC3)C2)on1. The van der Waals surface area contributed by atoms with Gasteiger partial charge in [0.05, 0.1) is 5.92 Å². The highest BCUT2D eigenvalue weighted by molar-refractivity contribution is 8.11. The van der Waals surface area contributed by atoms with Gasteiger partial charge < -0.3 is 14.0 Å². The van der Waals surface area contributed by atoms with E-state index >= 15 is 0 Å². The summed E-state index contributed by atoms with van der Waals surface area (Å²) < 4.78 is 168. The maximum Gasteiger partial charge on any atom is 0.448 e. The maximum atomic E-state index is 14.6. The molecule has 0 saturated heterocycles. The van der Waals surface area contributed by atoms with Crippen LogP contribution >= 0.6 is 11.6 Å². The number of allylic oxidation sites excluding steroid dienone is 3. The van der Waals surface area contributed by atoms with Gasteiger partial charge in [-0.15, -0.1) is 5.10 Å². The monoisotopic (exact) mass is 676 g/mol. The summed E-state index contributed by atoms with van der Waals surface area (Å²) in [6, 6.07) is 0.854. The molecule has 1 fully saturated rings. The van der Waals surface area contributed by atoms with Gasteiger partial charge in [-0.05, 0) is 30.9 Å². The lowest BCUT2D eigenvalue weighted by atomic mass is 9.91.